The van der Waals surface area contributed by atoms with E-state index in [0.717, 1.165) is 37.3 Å². The van der Waals surface area contributed by atoms with E-state index in [1.165, 1.54) is 0 Å². The second kappa shape index (κ2) is 10.1. The first-order chi connectivity index (χ1) is 14.0. The number of primary amides is 1. The number of hydrogen-bond donors (Lipinski definition) is 2. The number of nitrogens with two attached hydrogens (primary N) is 1. The highest BCUT2D eigenvalue weighted by Gasteiger charge is 2.39. The van der Waals surface area contributed by atoms with E-state index in [9.17, 15) is 4.79 Å². The van der Waals surface area contributed by atoms with Crippen molar-refractivity contribution < 1.29 is 14.3 Å². The monoisotopic (exact) mass is 420 g/mol. The average Bonchev–Trinajstić information content (AvgIpc) is 3.12. The number of nitrogens with one attached hydrogen (secondary N) is 1. The number of hydrogen-bond acceptors (Lipinski definition) is 5. The molecule has 29 heavy (non-hydrogen) atoms. The van der Waals surface area contributed by atoms with Crippen LogP contribution in [-0.4, -0.2) is 52.7 Å². The summed E-state index contributed by atoms with van der Waals surface area (Å²) in [5, 5.41) is 0.593. The molecule has 3 N–H and O–H groups in total. The van der Waals surface area contributed by atoms with Gasteiger partial charge < -0.3 is 20.2 Å². The van der Waals surface area contributed by atoms with Gasteiger partial charge in [0.1, 0.15) is 23.8 Å². The molecule has 1 unspecified atom stereocenters. The van der Waals surface area contributed by atoms with E-state index >= 15 is 0 Å². The van der Waals surface area contributed by atoms with Gasteiger partial charge in [-0.1, -0.05) is 31.0 Å². The SMILES string of the molecule is CCCCc1ncc(CN2CCOC(COc3cccc(Cl)c3)(CC(N)=O)C2)[nH]1. The third kappa shape index (κ3) is 6.45. The Kier molecular flexibility index (Phi) is 7.52. The van der Waals surface area contributed by atoms with Gasteiger partial charge in [0.2, 0.25) is 5.91 Å². The van der Waals surface area contributed by atoms with Gasteiger partial charge in [0.05, 0.1) is 13.0 Å². The molecule has 1 fully saturated rings. The molecule has 1 aromatic heterocycles. The number of nitrogens with zero attached hydrogens (tertiary/aromatic N) is 2. The maximum absolute atomic E-state index is 11.7. The molecule has 0 radical (unpaired) electrons. The van der Waals surface area contributed by atoms with E-state index in [-0.39, 0.29) is 13.0 Å². The van der Waals surface area contributed by atoms with Gasteiger partial charge in [0.25, 0.3) is 0 Å². The van der Waals surface area contributed by atoms with Gasteiger partial charge in [0, 0.05) is 43.0 Å². The van der Waals surface area contributed by atoms with E-state index in [1.54, 1.807) is 12.1 Å². The Morgan fingerprint density at radius 3 is 3.10 bits per heavy atom. The number of rotatable bonds is 10. The van der Waals surface area contributed by atoms with Crippen LogP contribution in [0.4, 0.5) is 0 Å². The van der Waals surface area contributed by atoms with Gasteiger partial charge in [-0.05, 0) is 24.6 Å². The molecule has 1 aromatic carbocycles. The number of aryl methyl sites for hydroxylation is 1. The van der Waals surface area contributed by atoms with Crippen LogP contribution in [0.2, 0.25) is 5.02 Å². The molecule has 1 amide bonds. The van der Waals surface area contributed by atoms with Gasteiger partial charge in [-0.25, -0.2) is 4.98 Å². The number of aromatic amines is 1. The number of amides is 1. The molecule has 0 aliphatic carbocycles. The predicted octanol–water partition coefficient (Wildman–Crippen LogP) is 2.93. The molecule has 158 valence electrons. The normalized spacial score (nSPS) is 19.9. The predicted molar refractivity (Wildman–Crippen MR) is 112 cm³/mol. The third-order valence-electron chi connectivity index (χ3n) is 4.96. The van der Waals surface area contributed by atoms with Crippen LogP contribution < -0.4 is 10.5 Å². The highest BCUT2D eigenvalue weighted by atomic mass is 35.5. The molecule has 1 aliphatic heterocycles. The molecule has 3 rings (SSSR count). The van der Waals surface area contributed by atoms with Crippen LogP contribution in [0.1, 0.15) is 37.7 Å². The number of morpholine rings is 1. The second-order valence-corrected chi connectivity index (χ2v) is 8.03. The summed E-state index contributed by atoms with van der Waals surface area (Å²) in [5.74, 6) is 1.24. The van der Waals surface area contributed by atoms with Crippen LogP contribution in [-0.2, 0) is 22.5 Å². The van der Waals surface area contributed by atoms with Gasteiger partial charge in [-0.2, -0.15) is 0 Å². The zero-order valence-corrected chi connectivity index (χ0v) is 17.6. The molecule has 7 nitrogen and oxygen atoms in total. The van der Waals surface area contributed by atoms with Crippen LogP contribution in [0, 0.1) is 0 Å². The number of benzene rings is 1. The number of unbranched alkanes of at least 4 members (excludes halogenated alkanes) is 1. The molecule has 2 aromatic rings. The summed E-state index contributed by atoms with van der Waals surface area (Å²) in [5.41, 5.74) is 5.78. The first kappa shape index (κ1) is 21.6. The number of imidazole rings is 1. The Hall–Kier alpha value is -2.09. The standard InChI is InChI=1S/C21H29ClN4O3/c1-2-3-7-20-24-12-17(25-20)13-26-8-9-29-21(14-26,11-19(23)27)15-28-18-6-4-5-16(22)10-18/h4-6,10,12H,2-3,7-9,11,13-15H2,1H3,(H2,23,27)(H,24,25). The number of carbonyl (C=O) groups excluding carboxylic acids is 1. The number of aromatic nitrogens is 2. The molecule has 8 heteroatoms. The molecule has 1 saturated heterocycles. The van der Waals surface area contributed by atoms with Crippen molar-refractivity contribution in [1.29, 1.82) is 0 Å². The Morgan fingerprint density at radius 1 is 1.48 bits per heavy atom. The number of H-pyrrole nitrogens is 1. The lowest BCUT2D eigenvalue weighted by Crippen LogP contribution is -2.56. The van der Waals surface area contributed by atoms with Crippen molar-refractivity contribution in [2.24, 2.45) is 5.73 Å². The van der Waals surface area contributed by atoms with Crippen molar-refractivity contribution in [3.63, 3.8) is 0 Å². The Bertz CT molecular complexity index is 813. The van der Waals surface area contributed by atoms with Gasteiger partial charge in [0.15, 0.2) is 0 Å². The highest BCUT2D eigenvalue weighted by Crippen LogP contribution is 2.26. The van der Waals surface area contributed by atoms with E-state index in [2.05, 4.69) is 21.8 Å². The number of halogens is 1. The summed E-state index contributed by atoms with van der Waals surface area (Å²) in [6.45, 7) is 4.91. The highest BCUT2D eigenvalue weighted by molar-refractivity contribution is 6.30. The first-order valence-electron chi connectivity index (χ1n) is 10.0. The molecule has 0 saturated carbocycles. The summed E-state index contributed by atoms with van der Waals surface area (Å²) in [6.07, 6.45) is 5.20. The minimum atomic E-state index is -0.794. The molecule has 1 atom stereocenters. The van der Waals surface area contributed by atoms with Gasteiger partial charge in [-0.3, -0.25) is 9.69 Å². The van der Waals surface area contributed by atoms with Crippen molar-refractivity contribution in [2.75, 3.05) is 26.3 Å². The largest absolute Gasteiger partial charge is 0.490 e. The summed E-state index contributed by atoms with van der Waals surface area (Å²) in [4.78, 5) is 21.8. The quantitative estimate of drug-likeness (QED) is 0.616. The van der Waals surface area contributed by atoms with Crippen molar-refractivity contribution in [1.82, 2.24) is 14.9 Å². The van der Waals surface area contributed by atoms with Gasteiger partial charge in [-0.15, -0.1) is 0 Å². The van der Waals surface area contributed by atoms with Crippen LogP contribution >= 0.6 is 11.6 Å². The van der Waals surface area contributed by atoms with Crippen molar-refractivity contribution in [2.45, 2.75) is 44.8 Å². The number of ether oxygens (including phenoxy) is 2. The average molecular weight is 421 g/mol. The second-order valence-electron chi connectivity index (χ2n) is 7.59. The van der Waals surface area contributed by atoms with Crippen molar-refractivity contribution >= 4 is 17.5 Å². The third-order valence-corrected chi connectivity index (χ3v) is 5.20. The fourth-order valence-electron chi connectivity index (χ4n) is 3.59. The zero-order valence-electron chi connectivity index (χ0n) is 16.8. The molecular weight excluding hydrogens is 392 g/mol. The van der Waals surface area contributed by atoms with Crippen LogP contribution in [0.3, 0.4) is 0 Å². The smallest absolute Gasteiger partial charge is 0.220 e. The van der Waals surface area contributed by atoms with E-state index in [0.29, 0.717) is 30.5 Å². The summed E-state index contributed by atoms with van der Waals surface area (Å²) in [7, 11) is 0. The summed E-state index contributed by atoms with van der Waals surface area (Å²) in [6, 6.07) is 7.17. The van der Waals surface area contributed by atoms with Crippen molar-refractivity contribution in [3.05, 3.63) is 47.0 Å². The minimum Gasteiger partial charge on any atom is -0.490 e. The van der Waals surface area contributed by atoms with Crippen LogP contribution in [0.5, 0.6) is 5.75 Å². The van der Waals surface area contributed by atoms with Crippen LogP contribution in [0.25, 0.3) is 0 Å². The summed E-state index contributed by atoms with van der Waals surface area (Å²) < 4.78 is 11.9. The zero-order chi connectivity index (χ0) is 20.7. The topological polar surface area (TPSA) is 93.5 Å². The van der Waals surface area contributed by atoms with E-state index in [4.69, 9.17) is 26.8 Å². The van der Waals surface area contributed by atoms with Crippen LogP contribution in [0.15, 0.2) is 30.5 Å². The van der Waals surface area contributed by atoms with E-state index in [1.807, 2.05) is 18.3 Å². The molecule has 0 spiro atoms. The number of carbonyl (C=O) groups is 1. The lowest BCUT2D eigenvalue weighted by molar-refractivity contribution is -0.148. The van der Waals surface area contributed by atoms with E-state index < -0.39 is 11.5 Å². The lowest BCUT2D eigenvalue weighted by atomic mass is 9.97. The maximum atomic E-state index is 11.7. The van der Waals surface area contributed by atoms with Gasteiger partial charge >= 0.3 is 0 Å². The summed E-state index contributed by atoms with van der Waals surface area (Å²) >= 11 is 6.03. The minimum absolute atomic E-state index is 0.0921. The van der Waals surface area contributed by atoms with Crippen molar-refractivity contribution in [3.8, 4) is 5.75 Å². The maximum Gasteiger partial charge on any atom is 0.220 e. The molecule has 2 heterocycles. The Morgan fingerprint density at radius 2 is 2.34 bits per heavy atom. The first-order valence-corrected chi connectivity index (χ1v) is 10.4. The fourth-order valence-corrected chi connectivity index (χ4v) is 3.77. The molecule has 0 bridgehead atoms. The lowest BCUT2D eigenvalue weighted by Gasteiger charge is -2.41. The Balaban J connectivity index is 1.65. The molecular formula is C21H29ClN4O3. The fraction of sp³-hybridized carbons (Fsp3) is 0.524. The molecule has 1 aliphatic rings. The Labute approximate surface area is 176 Å².